The highest BCUT2D eigenvalue weighted by molar-refractivity contribution is 5.96. The first-order valence-electron chi connectivity index (χ1n) is 6.96. The first-order chi connectivity index (χ1) is 9.52. The SMILES string of the molecule is CCOc1cc(F)ccc1NC(=O)C(CC)(CC)CN. The van der Waals surface area contributed by atoms with Gasteiger partial charge in [-0.2, -0.15) is 0 Å². The smallest absolute Gasteiger partial charge is 0.231 e. The molecule has 0 heterocycles. The Morgan fingerprint density at radius 2 is 2.00 bits per heavy atom. The van der Waals surface area contributed by atoms with Crippen molar-refractivity contribution in [3.8, 4) is 5.75 Å². The lowest BCUT2D eigenvalue weighted by molar-refractivity contribution is -0.125. The summed E-state index contributed by atoms with van der Waals surface area (Å²) in [6.45, 7) is 6.35. The number of nitrogens with two attached hydrogens (primary N) is 1. The zero-order valence-electron chi connectivity index (χ0n) is 12.3. The number of anilines is 1. The van der Waals surface area contributed by atoms with Crippen LogP contribution in [0, 0.1) is 11.2 Å². The average Bonchev–Trinajstić information content (AvgIpc) is 2.45. The minimum atomic E-state index is -0.599. The predicted molar refractivity (Wildman–Crippen MR) is 78.3 cm³/mol. The van der Waals surface area contributed by atoms with E-state index in [1.165, 1.54) is 18.2 Å². The maximum atomic E-state index is 13.2. The van der Waals surface area contributed by atoms with Gasteiger partial charge in [-0.3, -0.25) is 4.79 Å². The number of halogens is 1. The van der Waals surface area contributed by atoms with Gasteiger partial charge in [0.15, 0.2) is 0 Å². The van der Waals surface area contributed by atoms with Crippen LogP contribution in [0.3, 0.4) is 0 Å². The second-order valence-electron chi connectivity index (χ2n) is 4.72. The van der Waals surface area contributed by atoms with Crippen molar-refractivity contribution < 1.29 is 13.9 Å². The van der Waals surface area contributed by atoms with E-state index in [9.17, 15) is 9.18 Å². The number of hydrogen-bond acceptors (Lipinski definition) is 3. The van der Waals surface area contributed by atoms with Crippen LogP contribution in [0.25, 0.3) is 0 Å². The van der Waals surface area contributed by atoms with Gasteiger partial charge < -0.3 is 15.8 Å². The van der Waals surface area contributed by atoms with E-state index in [1.54, 1.807) is 6.92 Å². The highest BCUT2D eigenvalue weighted by atomic mass is 19.1. The van der Waals surface area contributed by atoms with Gasteiger partial charge in [0.05, 0.1) is 17.7 Å². The molecule has 0 aliphatic carbocycles. The number of benzene rings is 1. The molecule has 0 bridgehead atoms. The van der Waals surface area contributed by atoms with E-state index >= 15 is 0 Å². The van der Waals surface area contributed by atoms with Crippen molar-refractivity contribution in [1.82, 2.24) is 0 Å². The third-order valence-electron chi connectivity index (χ3n) is 3.72. The minimum Gasteiger partial charge on any atom is -0.492 e. The van der Waals surface area contributed by atoms with Crippen molar-refractivity contribution in [2.45, 2.75) is 33.6 Å². The fourth-order valence-corrected chi connectivity index (χ4v) is 2.08. The molecule has 0 aliphatic heterocycles. The van der Waals surface area contributed by atoms with E-state index in [1.807, 2.05) is 13.8 Å². The molecule has 3 N–H and O–H groups in total. The number of carbonyl (C=O) groups is 1. The second kappa shape index (κ2) is 7.24. The summed E-state index contributed by atoms with van der Waals surface area (Å²) in [5.74, 6) is -0.223. The Labute approximate surface area is 119 Å². The Morgan fingerprint density at radius 1 is 1.35 bits per heavy atom. The van der Waals surface area contributed by atoms with Crippen molar-refractivity contribution >= 4 is 11.6 Å². The van der Waals surface area contributed by atoms with Crippen molar-refractivity contribution in [2.24, 2.45) is 11.1 Å². The van der Waals surface area contributed by atoms with Gasteiger partial charge in [-0.05, 0) is 31.9 Å². The Kier molecular flexibility index (Phi) is 5.95. The molecule has 1 rings (SSSR count). The number of carbonyl (C=O) groups excluding carboxylic acids is 1. The van der Waals surface area contributed by atoms with Crippen LogP contribution in [-0.2, 0) is 4.79 Å². The first-order valence-corrected chi connectivity index (χ1v) is 6.96. The molecule has 1 aromatic carbocycles. The summed E-state index contributed by atoms with van der Waals surface area (Å²) >= 11 is 0. The van der Waals surface area contributed by atoms with Gasteiger partial charge in [-0.1, -0.05) is 13.8 Å². The molecule has 0 spiro atoms. The van der Waals surface area contributed by atoms with Crippen LogP contribution in [0.4, 0.5) is 10.1 Å². The summed E-state index contributed by atoms with van der Waals surface area (Å²) in [5, 5.41) is 2.81. The quantitative estimate of drug-likeness (QED) is 0.808. The monoisotopic (exact) mass is 282 g/mol. The van der Waals surface area contributed by atoms with Crippen LogP contribution in [0.1, 0.15) is 33.6 Å². The Bertz CT molecular complexity index is 451. The first kappa shape index (κ1) is 16.4. The van der Waals surface area contributed by atoms with E-state index in [2.05, 4.69) is 5.32 Å². The van der Waals surface area contributed by atoms with Crippen molar-refractivity contribution in [3.63, 3.8) is 0 Å². The summed E-state index contributed by atoms with van der Waals surface area (Å²) < 4.78 is 18.6. The maximum absolute atomic E-state index is 13.2. The third-order valence-corrected chi connectivity index (χ3v) is 3.72. The molecule has 0 saturated carbocycles. The molecule has 4 nitrogen and oxygen atoms in total. The summed E-state index contributed by atoms with van der Waals surface area (Å²) in [6, 6.07) is 4.06. The molecule has 0 unspecified atom stereocenters. The van der Waals surface area contributed by atoms with Gasteiger partial charge in [0.25, 0.3) is 0 Å². The summed E-state index contributed by atoms with van der Waals surface area (Å²) in [5.41, 5.74) is 5.62. The lowest BCUT2D eigenvalue weighted by Crippen LogP contribution is -2.41. The summed E-state index contributed by atoms with van der Waals surface area (Å²) in [4.78, 5) is 12.4. The summed E-state index contributed by atoms with van der Waals surface area (Å²) in [7, 11) is 0. The number of hydrogen-bond donors (Lipinski definition) is 2. The van der Waals surface area contributed by atoms with Crippen LogP contribution < -0.4 is 15.8 Å². The normalized spacial score (nSPS) is 11.2. The Hall–Kier alpha value is -1.62. The van der Waals surface area contributed by atoms with Crippen LogP contribution in [0.15, 0.2) is 18.2 Å². The second-order valence-corrected chi connectivity index (χ2v) is 4.72. The number of rotatable bonds is 7. The van der Waals surface area contributed by atoms with Crippen LogP contribution >= 0.6 is 0 Å². The molecule has 5 heteroatoms. The van der Waals surface area contributed by atoms with Crippen LogP contribution in [-0.4, -0.2) is 19.1 Å². The van der Waals surface area contributed by atoms with E-state index < -0.39 is 11.2 Å². The zero-order chi connectivity index (χ0) is 15.2. The molecule has 1 amide bonds. The van der Waals surface area contributed by atoms with Crippen molar-refractivity contribution in [1.29, 1.82) is 0 Å². The Morgan fingerprint density at radius 3 is 2.50 bits per heavy atom. The van der Waals surface area contributed by atoms with Gasteiger partial charge in [-0.15, -0.1) is 0 Å². The molecule has 112 valence electrons. The third kappa shape index (κ3) is 3.48. The molecule has 0 aliphatic rings. The molecule has 0 radical (unpaired) electrons. The molecular weight excluding hydrogens is 259 g/mol. The largest absolute Gasteiger partial charge is 0.492 e. The predicted octanol–water partition coefficient (Wildman–Crippen LogP) is 2.93. The van der Waals surface area contributed by atoms with Crippen molar-refractivity contribution in [3.05, 3.63) is 24.0 Å². The van der Waals surface area contributed by atoms with Crippen molar-refractivity contribution in [2.75, 3.05) is 18.5 Å². The average molecular weight is 282 g/mol. The number of nitrogens with one attached hydrogen (secondary N) is 1. The van der Waals surface area contributed by atoms with Gasteiger partial charge in [0.1, 0.15) is 11.6 Å². The molecule has 0 saturated heterocycles. The minimum absolute atomic E-state index is 0.155. The van der Waals surface area contributed by atoms with Gasteiger partial charge in [0.2, 0.25) is 5.91 Å². The summed E-state index contributed by atoms with van der Waals surface area (Å²) in [6.07, 6.45) is 1.30. The number of amides is 1. The zero-order valence-corrected chi connectivity index (χ0v) is 12.3. The molecule has 0 aromatic heterocycles. The fourth-order valence-electron chi connectivity index (χ4n) is 2.08. The molecular formula is C15H23FN2O2. The number of ether oxygens (including phenoxy) is 1. The topological polar surface area (TPSA) is 64.3 Å². The lowest BCUT2D eigenvalue weighted by Gasteiger charge is -2.28. The van der Waals surface area contributed by atoms with Gasteiger partial charge >= 0.3 is 0 Å². The highest BCUT2D eigenvalue weighted by Crippen LogP contribution is 2.30. The molecule has 0 atom stereocenters. The van der Waals surface area contributed by atoms with E-state index in [4.69, 9.17) is 10.5 Å². The van der Waals surface area contributed by atoms with E-state index in [0.29, 0.717) is 30.9 Å². The van der Waals surface area contributed by atoms with Crippen LogP contribution in [0.2, 0.25) is 0 Å². The Balaban J connectivity index is 3.00. The molecule has 0 fully saturated rings. The van der Waals surface area contributed by atoms with E-state index in [-0.39, 0.29) is 12.5 Å². The molecule has 20 heavy (non-hydrogen) atoms. The van der Waals surface area contributed by atoms with E-state index in [0.717, 1.165) is 0 Å². The fraction of sp³-hybridized carbons (Fsp3) is 0.533. The maximum Gasteiger partial charge on any atom is 0.231 e. The standard InChI is InChI=1S/C15H23FN2O2/c1-4-15(5-2,10-17)14(19)18-12-8-7-11(16)9-13(12)20-6-3/h7-9H,4-6,10,17H2,1-3H3,(H,18,19). The highest BCUT2D eigenvalue weighted by Gasteiger charge is 2.33. The lowest BCUT2D eigenvalue weighted by atomic mass is 9.81. The van der Waals surface area contributed by atoms with Gasteiger partial charge in [-0.25, -0.2) is 4.39 Å². The van der Waals surface area contributed by atoms with Crippen LogP contribution in [0.5, 0.6) is 5.75 Å². The van der Waals surface area contributed by atoms with Gasteiger partial charge in [0, 0.05) is 12.6 Å². The molecule has 1 aromatic rings.